The van der Waals surface area contributed by atoms with Crippen LogP contribution in [0.2, 0.25) is 5.02 Å². The number of carbonyl (C=O) groups is 1. The first-order chi connectivity index (χ1) is 16.8. The molecule has 2 aromatic carbocycles. The molecular weight excluding hydrogens is 481 g/mol. The molecule has 0 aliphatic carbocycles. The minimum absolute atomic E-state index is 0.0123. The Balaban J connectivity index is 1.40. The molecule has 2 heterocycles. The molecule has 10 heteroatoms. The van der Waals surface area contributed by atoms with Gasteiger partial charge in [0.1, 0.15) is 5.75 Å². The quantitative estimate of drug-likeness (QED) is 0.385. The van der Waals surface area contributed by atoms with Crippen molar-refractivity contribution in [1.29, 1.82) is 0 Å². The normalized spacial score (nSPS) is 14.2. The van der Waals surface area contributed by atoms with Gasteiger partial charge in [0.15, 0.2) is 0 Å². The van der Waals surface area contributed by atoms with Crippen LogP contribution in [0, 0.1) is 0 Å². The highest BCUT2D eigenvalue weighted by Gasteiger charge is 2.33. The van der Waals surface area contributed by atoms with Crippen LogP contribution in [0.3, 0.4) is 0 Å². The van der Waals surface area contributed by atoms with E-state index < -0.39 is 22.7 Å². The first-order valence-electron chi connectivity index (χ1n) is 11.0. The molecule has 3 aromatic rings. The molecule has 1 aliphatic heterocycles. The average molecular weight is 503 g/mol. The predicted octanol–water partition coefficient (Wildman–Crippen LogP) is 6.58. The number of piperidine rings is 1. The van der Waals surface area contributed by atoms with Gasteiger partial charge in [0.05, 0.1) is 10.6 Å². The number of hydrogen-bond donors (Lipinski definition) is 1. The van der Waals surface area contributed by atoms with Crippen molar-refractivity contribution in [3.8, 4) is 11.6 Å². The van der Waals surface area contributed by atoms with Crippen molar-refractivity contribution in [2.45, 2.75) is 25.4 Å². The van der Waals surface area contributed by atoms with Crippen molar-refractivity contribution < 1.29 is 22.7 Å². The molecule has 1 amide bonds. The summed E-state index contributed by atoms with van der Waals surface area (Å²) >= 11 is 5.61. The summed E-state index contributed by atoms with van der Waals surface area (Å²) in [6.45, 7) is 1.83. The Morgan fingerprint density at radius 1 is 1.09 bits per heavy atom. The van der Waals surface area contributed by atoms with Gasteiger partial charge in [0.25, 0.3) is 0 Å². The van der Waals surface area contributed by atoms with E-state index in [0.717, 1.165) is 38.1 Å². The number of halogens is 4. The fraction of sp³-hybridized carbons (Fsp3) is 0.240. The van der Waals surface area contributed by atoms with Crippen molar-refractivity contribution in [1.82, 2.24) is 9.97 Å². The molecule has 182 valence electrons. The maximum atomic E-state index is 13.0. The van der Waals surface area contributed by atoms with Crippen LogP contribution in [0.1, 0.15) is 30.4 Å². The van der Waals surface area contributed by atoms with Crippen LogP contribution < -0.4 is 15.0 Å². The lowest BCUT2D eigenvalue weighted by Gasteiger charge is -2.26. The van der Waals surface area contributed by atoms with E-state index in [1.807, 2.05) is 0 Å². The third-order valence-electron chi connectivity index (χ3n) is 5.30. The number of hydrogen-bond acceptors (Lipinski definition) is 5. The van der Waals surface area contributed by atoms with Gasteiger partial charge >= 0.3 is 6.18 Å². The molecule has 6 nitrogen and oxygen atoms in total. The maximum absolute atomic E-state index is 13.0. The third-order valence-corrected chi connectivity index (χ3v) is 5.63. The van der Waals surface area contributed by atoms with E-state index in [2.05, 4.69) is 20.2 Å². The van der Waals surface area contributed by atoms with Crippen molar-refractivity contribution in [2.75, 3.05) is 23.3 Å². The topological polar surface area (TPSA) is 67.3 Å². The molecule has 0 atom stereocenters. The molecule has 1 fully saturated rings. The SMILES string of the molecule is O=C(C=Cc1cccc(Oc2ccnc(N3CCCCC3)n2)c1)Nc1ccc(Cl)c(C(F)(F)F)c1. The Morgan fingerprint density at radius 2 is 1.89 bits per heavy atom. The minimum Gasteiger partial charge on any atom is -0.439 e. The van der Waals surface area contributed by atoms with Gasteiger partial charge in [-0.15, -0.1) is 0 Å². The van der Waals surface area contributed by atoms with E-state index in [9.17, 15) is 18.0 Å². The van der Waals surface area contributed by atoms with E-state index in [1.165, 1.54) is 24.6 Å². The summed E-state index contributed by atoms with van der Waals surface area (Å²) < 4.78 is 44.9. The van der Waals surface area contributed by atoms with Gasteiger partial charge in [-0.05, 0) is 61.2 Å². The van der Waals surface area contributed by atoms with Gasteiger partial charge < -0.3 is 15.0 Å². The number of rotatable bonds is 6. The standard InChI is InChI=1S/C25H22ClF3N4O2/c26-21-9-8-18(16-20(21)25(27,28)29)31-22(34)10-7-17-5-4-6-19(15-17)35-23-11-12-30-24(32-23)33-13-2-1-3-14-33/h4-12,15-16H,1-3,13-14H2,(H,31,34). The summed E-state index contributed by atoms with van der Waals surface area (Å²) in [7, 11) is 0. The van der Waals surface area contributed by atoms with Crippen LogP contribution >= 0.6 is 11.6 Å². The van der Waals surface area contributed by atoms with Crippen molar-refractivity contribution in [2.24, 2.45) is 0 Å². The molecular formula is C25H22ClF3N4O2. The molecule has 0 radical (unpaired) electrons. The molecule has 4 rings (SSSR count). The fourth-order valence-corrected chi connectivity index (χ4v) is 3.84. The second-order valence-corrected chi connectivity index (χ2v) is 8.34. The summed E-state index contributed by atoms with van der Waals surface area (Å²) in [5.41, 5.74) is -0.365. The van der Waals surface area contributed by atoms with Crippen LogP contribution in [0.25, 0.3) is 6.08 Å². The zero-order valence-corrected chi connectivity index (χ0v) is 19.3. The van der Waals surface area contributed by atoms with Gasteiger partial charge in [-0.1, -0.05) is 23.7 Å². The van der Waals surface area contributed by atoms with Gasteiger partial charge in [-0.2, -0.15) is 18.2 Å². The third kappa shape index (κ3) is 6.73. The number of anilines is 2. The van der Waals surface area contributed by atoms with Gasteiger partial charge in [0, 0.05) is 37.1 Å². The Kier molecular flexibility index (Phi) is 7.55. The summed E-state index contributed by atoms with van der Waals surface area (Å²) in [5.74, 6) is 0.963. The summed E-state index contributed by atoms with van der Waals surface area (Å²) in [6, 6.07) is 11.9. The number of amides is 1. The number of carbonyl (C=O) groups excluding carboxylic acids is 1. The lowest BCUT2D eigenvalue weighted by molar-refractivity contribution is -0.137. The highest BCUT2D eigenvalue weighted by atomic mass is 35.5. The highest BCUT2D eigenvalue weighted by Crippen LogP contribution is 2.36. The Hall–Kier alpha value is -3.59. The van der Waals surface area contributed by atoms with Gasteiger partial charge in [-0.3, -0.25) is 4.79 Å². The summed E-state index contributed by atoms with van der Waals surface area (Å²) in [6.07, 6.45) is 3.21. The maximum Gasteiger partial charge on any atom is 0.417 e. The predicted molar refractivity (Wildman–Crippen MR) is 129 cm³/mol. The first kappa shape index (κ1) is 24.5. The number of nitrogens with one attached hydrogen (secondary N) is 1. The molecule has 1 aliphatic rings. The fourth-order valence-electron chi connectivity index (χ4n) is 3.61. The molecule has 1 aromatic heterocycles. The Bertz CT molecular complexity index is 1230. The minimum atomic E-state index is -4.62. The Labute approximate surface area is 205 Å². The lowest BCUT2D eigenvalue weighted by atomic mass is 10.1. The van der Waals surface area contributed by atoms with Crippen LogP contribution in [-0.4, -0.2) is 29.0 Å². The second-order valence-electron chi connectivity index (χ2n) is 7.93. The van der Waals surface area contributed by atoms with E-state index in [-0.39, 0.29) is 5.69 Å². The number of nitrogens with zero attached hydrogens (tertiary/aromatic N) is 3. The molecule has 0 bridgehead atoms. The zero-order chi connectivity index (χ0) is 24.8. The first-order valence-corrected chi connectivity index (χ1v) is 11.4. The lowest BCUT2D eigenvalue weighted by Crippen LogP contribution is -2.30. The van der Waals surface area contributed by atoms with Gasteiger partial charge in [-0.25, -0.2) is 4.98 Å². The van der Waals surface area contributed by atoms with Crippen molar-refractivity contribution in [3.05, 3.63) is 77.0 Å². The van der Waals surface area contributed by atoms with Crippen LogP contribution in [0.4, 0.5) is 24.8 Å². The van der Waals surface area contributed by atoms with E-state index in [1.54, 1.807) is 36.5 Å². The molecule has 1 saturated heterocycles. The van der Waals surface area contributed by atoms with Crippen LogP contribution in [-0.2, 0) is 11.0 Å². The molecule has 35 heavy (non-hydrogen) atoms. The summed E-state index contributed by atoms with van der Waals surface area (Å²) in [5, 5.41) is 1.97. The Morgan fingerprint density at radius 3 is 2.66 bits per heavy atom. The number of aromatic nitrogens is 2. The molecule has 1 N–H and O–H groups in total. The molecule has 0 saturated carbocycles. The molecule has 0 unspecified atom stereocenters. The van der Waals surface area contributed by atoms with E-state index in [4.69, 9.17) is 16.3 Å². The monoisotopic (exact) mass is 502 g/mol. The number of benzene rings is 2. The van der Waals surface area contributed by atoms with Crippen molar-refractivity contribution >= 4 is 35.2 Å². The summed E-state index contributed by atoms with van der Waals surface area (Å²) in [4.78, 5) is 23.2. The largest absolute Gasteiger partial charge is 0.439 e. The zero-order valence-electron chi connectivity index (χ0n) is 18.6. The average Bonchev–Trinajstić information content (AvgIpc) is 2.84. The van der Waals surface area contributed by atoms with E-state index >= 15 is 0 Å². The van der Waals surface area contributed by atoms with Crippen LogP contribution in [0.5, 0.6) is 11.6 Å². The van der Waals surface area contributed by atoms with Crippen LogP contribution in [0.15, 0.2) is 60.8 Å². The second kappa shape index (κ2) is 10.8. The smallest absolute Gasteiger partial charge is 0.417 e. The van der Waals surface area contributed by atoms with E-state index in [0.29, 0.717) is 23.1 Å². The number of ether oxygens (including phenoxy) is 1. The highest BCUT2D eigenvalue weighted by molar-refractivity contribution is 6.31. The number of alkyl halides is 3. The molecule has 0 spiro atoms. The van der Waals surface area contributed by atoms with Crippen molar-refractivity contribution in [3.63, 3.8) is 0 Å². The van der Waals surface area contributed by atoms with Gasteiger partial charge in [0.2, 0.25) is 17.7 Å².